The van der Waals surface area contributed by atoms with Gasteiger partial charge in [0, 0.05) is 24.0 Å². The molecule has 4 heteroatoms. The molecule has 2 rings (SSSR count). The maximum absolute atomic E-state index is 13.1. The van der Waals surface area contributed by atoms with Crippen molar-refractivity contribution in [1.29, 1.82) is 0 Å². The molecular weight excluding hydrogens is 291 g/mol. The molecule has 0 fully saturated rings. The van der Waals surface area contributed by atoms with Crippen LogP contribution >= 0.6 is 0 Å². The average molecular weight is 310 g/mol. The number of halogens is 1. The number of carbonyl (C=O) groups excluding carboxylic acids is 1. The Labute approximate surface area is 135 Å². The normalized spacial score (nSPS) is 10.0. The Hall–Kier alpha value is -2.88. The molecule has 0 aliphatic carbocycles. The van der Waals surface area contributed by atoms with Gasteiger partial charge in [0.25, 0.3) is 0 Å². The predicted molar refractivity (Wildman–Crippen MR) is 93.6 cm³/mol. The minimum absolute atomic E-state index is 0.209. The van der Waals surface area contributed by atoms with Crippen molar-refractivity contribution in [3.8, 4) is 0 Å². The van der Waals surface area contributed by atoms with E-state index in [1.165, 1.54) is 12.1 Å². The number of rotatable bonds is 7. The highest BCUT2D eigenvalue weighted by molar-refractivity contribution is 5.86. The lowest BCUT2D eigenvalue weighted by atomic mass is 9.95. The van der Waals surface area contributed by atoms with E-state index in [4.69, 9.17) is 0 Å². The van der Waals surface area contributed by atoms with Crippen LogP contribution in [0.3, 0.4) is 0 Å². The van der Waals surface area contributed by atoms with Crippen LogP contribution in [0.4, 0.5) is 10.1 Å². The summed E-state index contributed by atoms with van der Waals surface area (Å²) in [5, 5.41) is 6.06. The van der Waals surface area contributed by atoms with Crippen molar-refractivity contribution >= 4 is 23.2 Å². The molecule has 0 saturated carbocycles. The van der Waals surface area contributed by atoms with Gasteiger partial charge in [-0.3, -0.25) is 0 Å². The smallest absolute Gasteiger partial charge is 0.139 e. The molecule has 23 heavy (non-hydrogen) atoms. The fraction of sp³-hybridized carbons (Fsp3) is 0.105. The van der Waals surface area contributed by atoms with Crippen molar-refractivity contribution in [2.45, 2.75) is 0 Å². The van der Waals surface area contributed by atoms with Gasteiger partial charge in [-0.25, -0.2) is 4.39 Å². The van der Waals surface area contributed by atoms with E-state index in [9.17, 15) is 9.18 Å². The summed E-state index contributed by atoms with van der Waals surface area (Å²) in [6.07, 6.45) is 0.783. The maximum atomic E-state index is 13.1. The van der Waals surface area contributed by atoms with Crippen molar-refractivity contribution in [2.24, 2.45) is 0 Å². The molecule has 0 amide bonds. The first-order chi connectivity index (χ1) is 11.1. The first-order valence-electron chi connectivity index (χ1n) is 7.20. The maximum Gasteiger partial charge on any atom is 0.139 e. The highest BCUT2D eigenvalue weighted by Gasteiger charge is 2.10. The zero-order chi connectivity index (χ0) is 16.8. The van der Waals surface area contributed by atoms with Crippen LogP contribution in [0.2, 0.25) is 0 Å². The molecule has 118 valence electrons. The number of aldehydes is 1. The molecular formula is C19H19FN2O. The number of nitrogens with one attached hydrogen (secondary N) is 2. The number of carbonyl (C=O) groups is 1. The third-order valence-corrected chi connectivity index (χ3v) is 3.55. The molecule has 0 heterocycles. The van der Waals surface area contributed by atoms with Crippen LogP contribution in [-0.4, -0.2) is 19.9 Å². The van der Waals surface area contributed by atoms with Crippen LogP contribution in [0.1, 0.15) is 16.7 Å². The second-order valence-corrected chi connectivity index (χ2v) is 5.02. The van der Waals surface area contributed by atoms with E-state index in [1.807, 2.05) is 25.2 Å². The quantitative estimate of drug-likeness (QED) is 0.766. The van der Waals surface area contributed by atoms with Crippen molar-refractivity contribution in [1.82, 2.24) is 5.32 Å². The van der Waals surface area contributed by atoms with E-state index in [0.29, 0.717) is 5.70 Å². The summed E-state index contributed by atoms with van der Waals surface area (Å²) in [6.45, 7) is 8.27. The third kappa shape index (κ3) is 3.86. The van der Waals surface area contributed by atoms with Crippen LogP contribution in [0.5, 0.6) is 0 Å². The molecule has 0 aliphatic rings. The Morgan fingerprint density at radius 2 is 1.78 bits per heavy atom. The molecule has 0 unspecified atom stereocenters. The highest BCUT2D eigenvalue weighted by Crippen LogP contribution is 2.30. The minimum Gasteiger partial charge on any atom is -0.388 e. The molecule has 2 N–H and O–H groups in total. The second-order valence-electron chi connectivity index (χ2n) is 5.02. The summed E-state index contributed by atoms with van der Waals surface area (Å²) in [7, 11) is 1.83. The number of hydrogen-bond donors (Lipinski definition) is 2. The molecule has 0 bridgehead atoms. The fourth-order valence-electron chi connectivity index (χ4n) is 2.27. The third-order valence-electron chi connectivity index (χ3n) is 3.55. The number of hydrogen-bond acceptors (Lipinski definition) is 3. The van der Waals surface area contributed by atoms with Crippen LogP contribution in [-0.2, 0) is 4.79 Å². The SMILES string of the molecule is C=C(NCC=O)c1ccc(NC)c(C(=C)c2ccc(F)cc2)c1. The van der Waals surface area contributed by atoms with Gasteiger partial charge < -0.3 is 15.4 Å². The van der Waals surface area contributed by atoms with Crippen molar-refractivity contribution in [3.05, 3.63) is 78.1 Å². The zero-order valence-electron chi connectivity index (χ0n) is 13.0. The van der Waals surface area contributed by atoms with Gasteiger partial charge in [0.05, 0.1) is 6.54 Å². The van der Waals surface area contributed by atoms with E-state index in [0.717, 1.165) is 34.2 Å². The minimum atomic E-state index is -0.282. The van der Waals surface area contributed by atoms with Gasteiger partial charge in [-0.1, -0.05) is 31.4 Å². The highest BCUT2D eigenvalue weighted by atomic mass is 19.1. The lowest BCUT2D eigenvalue weighted by Crippen LogP contribution is -2.14. The lowest BCUT2D eigenvalue weighted by molar-refractivity contribution is -0.107. The number of anilines is 1. The molecule has 2 aromatic carbocycles. The van der Waals surface area contributed by atoms with Crippen LogP contribution in [0, 0.1) is 5.82 Å². The summed E-state index contributed by atoms with van der Waals surface area (Å²) in [6, 6.07) is 12.0. The number of benzene rings is 2. The van der Waals surface area contributed by atoms with E-state index < -0.39 is 0 Å². The Morgan fingerprint density at radius 1 is 1.13 bits per heavy atom. The predicted octanol–water partition coefficient (Wildman–Crippen LogP) is 3.69. The molecule has 0 radical (unpaired) electrons. The fourth-order valence-corrected chi connectivity index (χ4v) is 2.27. The van der Waals surface area contributed by atoms with E-state index in [1.54, 1.807) is 12.1 Å². The molecule has 2 aromatic rings. The standard InChI is InChI=1S/C19H19FN2O/c1-13(15-4-7-17(20)8-5-15)18-12-16(6-9-19(18)21-3)14(2)22-10-11-23/h4-9,11-12,21-22H,1-2,10H2,3H3. The summed E-state index contributed by atoms with van der Waals surface area (Å²) >= 11 is 0. The Bertz CT molecular complexity index is 736. The van der Waals surface area contributed by atoms with Crippen LogP contribution in [0.25, 0.3) is 11.3 Å². The average Bonchev–Trinajstić information content (AvgIpc) is 2.59. The largest absolute Gasteiger partial charge is 0.388 e. The summed E-state index contributed by atoms with van der Waals surface area (Å²) < 4.78 is 13.1. The molecule has 0 aromatic heterocycles. The summed E-state index contributed by atoms with van der Waals surface area (Å²) in [5.41, 5.74) is 4.94. The zero-order valence-corrected chi connectivity index (χ0v) is 13.0. The Balaban J connectivity index is 2.38. The van der Waals surface area contributed by atoms with E-state index >= 15 is 0 Å². The van der Waals surface area contributed by atoms with Gasteiger partial charge in [-0.15, -0.1) is 0 Å². The summed E-state index contributed by atoms with van der Waals surface area (Å²) in [5.74, 6) is -0.282. The van der Waals surface area contributed by atoms with Gasteiger partial charge in [-0.2, -0.15) is 0 Å². The van der Waals surface area contributed by atoms with E-state index in [2.05, 4.69) is 23.8 Å². The van der Waals surface area contributed by atoms with Crippen molar-refractivity contribution in [3.63, 3.8) is 0 Å². The van der Waals surface area contributed by atoms with Gasteiger partial charge in [0.2, 0.25) is 0 Å². The van der Waals surface area contributed by atoms with Gasteiger partial charge in [-0.05, 0) is 41.0 Å². The summed E-state index contributed by atoms with van der Waals surface area (Å²) in [4.78, 5) is 10.5. The Kier molecular flexibility index (Phi) is 5.31. The van der Waals surface area contributed by atoms with Crippen molar-refractivity contribution < 1.29 is 9.18 Å². The molecule has 0 aliphatic heterocycles. The second kappa shape index (κ2) is 7.40. The van der Waals surface area contributed by atoms with Gasteiger partial charge >= 0.3 is 0 Å². The first kappa shape index (κ1) is 16.5. The Morgan fingerprint density at radius 3 is 2.39 bits per heavy atom. The molecule has 0 spiro atoms. The van der Waals surface area contributed by atoms with Gasteiger partial charge in [0.1, 0.15) is 12.1 Å². The lowest BCUT2D eigenvalue weighted by Gasteiger charge is -2.15. The molecule has 3 nitrogen and oxygen atoms in total. The monoisotopic (exact) mass is 310 g/mol. The molecule has 0 saturated heterocycles. The van der Waals surface area contributed by atoms with Crippen LogP contribution in [0.15, 0.2) is 55.6 Å². The topological polar surface area (TPSA) is 41.1 Å². The first-order valence-corrected chi connectivity index (χ1v) is 7.20. The van der Waals surface area contributed by atoms with Gasteiger partial charge in [0.15, 0.2) is 0 Å². The van der Waals surface area contributed by atoms with Crippen LogP contribution < -0.4 is 10.6 Å². The molecule has 0 atom stereocenters. The van der Waals surface area contributed by atoms with Crippen molar-refractivity contribution in [2.75, 3.05) is 18.9 Å². The van der Waals surface area contributed by atoms with E-state index in [-0.39, 0.29) is 12.4 Å².